The Morgan fingerprint density at radius 2 is 2.03 bits per heavy atom. The maximum atomic E-state index is 14.4. The van der Waals surface area contributed by atoms with Crippen LogP contribution in [-0.2, 0) is 6.54 Å². The number of amides is 1. The van der Waals surface area contributed by atoms with Gasteiger partial charge >= 0.3 is 0 Å². The van der Waals surface area contributed by atoms with Crippen molar-refractivity contribution < 1.29 is 13.6 Å². The van der Waals surface area contributed by atoms with Gasteiger partial charge in [0.2, 0.25) is 0 Å². The Kier molecular flexibility index (Phi) is 7.23. The van der Waals surface area contributed by atoms with Crippen LogP contribution >= 0.6 is 11.6 Å². The Labute approximate surface area is 201 Å². The second kappa shape index (κ2) is 10.3. The molecule has 1 aliphatic rings. The van der Waals surface area contributed by atoms with E-state index in [1.807, 2.05) is 30.0 Å². The van der Waals surface area contributed by atoms with Crippen molar-refractivity contribution in [1.82, 2.24) is 20.2 Å². The molecule has 0 saturated heterocycles. The van der Waals surface area contributed by atoms with Gasteiger partial charge in [0.15, 0.2) is 11.6 Å². The van der Waals surface area contributed by atoms with Crippen molar-refractivity contribution in [1.29, 1.82) is 0 Å². The lowest BCUT2D eigenvalue weighted by atomic mass is 10.1. The molecule has 0 fully saturated rings. The molecule has 4 rings (SSSR count). The number of rotatable bonds is 7. The SMILES string of the molecule is CN(C)CCNC(=O)c1cccc(-c2cnc3c(n2)N(Cc2c(F)ccc(F)c2Cl)CCN3)c1. The lowest BCUT2D eigenvalue weighted by Gasteiger charge is -2.30. The maximum absolute atomic E-state index is 14.4. The minimum Gasteiger partial charge on any atom is -0.365 e. The van der Waals surface area contributed by atoms with Crippen LogP contribution < -0.4 is 15.5 Å². The molecule has 0 radical (unpaired) electrons. The second-order valence-electron chi connectivity index (χ2n) is 8.24. The van der Waals surface area contributed by atoms with E-state index in [1.165, 1.54) is 0 Å². The fourth-order valence-corrected chi connectivity index (χ4v) is 3.87. The molecule has 0 aliphatic carbocycles. The molecule has 7 nitrogen and oxygen atoms in total. The first-order chi connectivity index (χ1) is 16.3. The molecule has 1 aromatic heterocycles. The van der Waals surface area contributed by atoms with Crippen LogP contribution in [0.4, 0.5) is 20.4 Å². The standard InChI is InChI=1S/C24H25ClF2N6O/c1-32(2)10-8-29-24(34)16-5-3-4-15(12-16)20-13-30-22-23(31-20)33(11-9-28-22)14-17-18(26)6-7-19(27)21(17)25/h3-7,12-13H,8-11,14H2,1-2H3,(H,28,30)(H,29,34). The van der Waals surface area contributed by atoms with Crippen LogP contribution in [0.25, 0.3) is 11.3 Å². The number of fused-ring (bicyclic) bond motifs is 1. The molecule has 0 atom stereocenters. The summed E-state index contributed by atoms with van der Waals surface area (Å²) in [6, 6.07) is 9.20. The zero-order chi connectivity index (χ0) is 24.2. The van der Waals surface area contributed by atoms with E-state index in [9.17, 15) is 13.6 Å². The van der Waals surface area contributed by atoms with Crippen molar-refractivity contribution in [2.75, 3.05) is 50.5 Å². The number of benzene rings is 2. The third kappa shape index (κ3) is 5.26. The average Bonchev–Trinajstić information content (AvgIpc) is 2.84. The summed E-state index contributed by atoms with van der Waals surface area (Å²) in [5.41, 5.74) is 1.86. The number of nitrogens with one attached hydrogen (secondary N) is 2. The quantitative estimate of drug-likeness (QED) is 0.495. The number of hydrogen-bond donors (Lipinski definition) is 2. The van der Waals surface area contributed by atoms with E-state index in [0.29, 0.717) is 42.5 Å². The number of anilines is 2. The van der Waals surface area contributed by atoms with Gasteiger partial charge in [0.1, 0.15) is 11.6 Å². The zero-order valence-corrected chi connectivity index (χ0v) is 19.7. The van der Waals surface area contributed by atoms with Gasteiger partial charge in [-0.15, -0.1) is 0 Å². The van der Waals surface area contributed by atoms with Crippen molar-refractivity contribution in [3.05, 3.63) is 70.4 Å². The van der Waals surface area contributed by atoms with E-state index in [-0.39, 0.29) is 23.0 Å². The zero-order valence-electron chi connectivity index (χ0n) is 18.9. The Balaban J connectivity index is 1.60. The average molecular weight is 487 g/mol. The third-order valence-electron chi connectivity index (χ3n) is 5.48. The Morgan fingerprint density at radius 1 is 1.24 bits per heavy atom. The number of nitrogens with zero attached hydrogens (tertiary/aromatic N) is 4. The summed E-state index contributed by atoms with van der Waals surface area (Å²) < 4.78 is 28.3. The molecule has 34 heavy (non-hydrogen) atoms. The Morgan fingerprint density at radius 3 is 2.82 bits per heavy atom. The lowest BCUT2D eigenvalue weighted by molar-refractivity contribution is 0.0951. The molecule has 0 unspecified atom stereocenters. The van der Waals surface area contributed by atoms with Gasteiger partial charge in [-0.3, -0.25) is 4.79 Å². The van der Waals surface area contributed by atoms with E-state index in [1.54, 1.807) is 24.4 Å². The fraction of sp³-hybridized carbons (Fsp3) is 0.292. The predicted octanol–water partition coefficient (Wildman–Crippen LogP) is 3.80. The third-order valence-corrected chi connectivity index (χ3v) is 5.89. The first kappa shape index (κ1) is 23.8. The highest BCUT2D eigenvalue weighted by Gasteiger charge is 2.23. The van der Waals surface area contributed by atoms with E-state index in [4.69, 9.17) is 16.6 Å². The number of carbonyl (C=O) groups is 1. The molecule has 1 aliphatic heterocycles. The molecule has 2 aromatic carbocycles. The van der Waals surface area contributed by atoms with Crippen molar-refractivity contribution in [3.8, 4) is 11.3 Å². The summed E-state index contributed by atoms with van der Waals surface area (Å²) in [7, 11) is 3.88. The van der Waals surface area contributed by atoms with Crippen molar-refractivity contribution in [3.63, 3.8) is 0 Å². The predicted molar refractivity (Wildman–Crippen MR) is 129 cm³/mol. The van der Waals surface area contributed by atoms with Crippen LogP contribution in [0.3, 0.4) is 0 Å². The van der Waals surface area contributed by atoms with E-state index < -0.39 is 11.6 Å². The van der Waals surface area contributed by atoms with Gasteiger partial charge in [-0.1, -0.05) is 23.7 Å². The second-order valence-corrected chi connectivity index (χ2v) is 8.62. The van der Waals surface area contributed by atoms with Crippen LogP contribution in [0.5, 0.6) is 0 Å². The van der Waals surface area contributed by atoms with Gasteiger partial charge in [0.25, 0.3) is 5.91 Å². The summed E-state index contributed by atoms with van der Waals surface area (Å²) in [6.07, 6.45) is 1.62. The van der Waals surface area contributed by atoms with Gasteiger partial charge in [-0.05, 0) is 38.4 Å². The molecule has 0 saturated carbocycles. The maximum Gasteiger partial charge on any atom is 0.251 e. The topological polar surface area (TPSA) is 73.4 Å². The summed E-state index contributed by atoms with van der Waals surface area (Å²) in [4.78, 5) is 25.5. The molecular weight excluding hydrogens is 462 g/mol. The van der Waals surface area contributed by atoms with Crippen LogP contribution in [0.15, 0.2) is 42.6 Å². The van der Waals surface area contributed by atoms with Gasteiger partial charge in [-0.2, -0.15) is 0 Å². The largest absolute Gasteiger partial charge is 0.365 e. The van der Waals surface area contributed by atoms with Crippen molar-refractivity contribution in [2.24, 2.45) is 0 Å². The number of carbonyl (C=O) groups excluding carboxylic acids is 1. The Hall–Kier alpha value is -3.30. The number of hydrogen-bond acceptors (Lipinski definition) is 6. The highest BCUT2D eigenvalue weighted by Crippen LogP contribution is 2.32. The monoisotopic (exact) mass is 486 g/mol. The van der Waals surface area contributed by atoms with E-state index in [2.05, 4.69) is 15.6 Å². The molecule has 3 aromatic rings. The van der Waals surface area contributed by atoms with Gasteiger partial charge < -0.3 is 20.4 Å². The molecule has 0 spiro atoms. The highest BCUT2D eigenvalue weighted by molar-refractivity contribution is 6.31. The summed E-state index contributed by atoms with van der Waals surface area (Å²) >= 11 is 6.04. The van der Waals surface area contributed by atoms with E-state index in [0.717, 1.165) is 24.2 Å². The molecule has 2 N–H and O–H groups in total. The van der Waals surface area contributed by atoms with Gasteiger partial charge in [0.05, 0.1) is 16.9 Å². The van der Waals surface area contributed by atoms with Crippen LogP contribution in [0, 0.1) is 11.6 Å². The summed E-state index contributed by atoms with van der Waals surface area (Å²) in [5, 5.41) is 5.83. The van der Waals surface area contributed by atoms with Gasteiger partial charge in [-0.25, -0.2) is 18.7 Å². The number of aromatic nitrogens is 2. The van der Waals surface area contributed by atoms with Crippen LogP contribution in [-0.4, -0.2) is 61.0 Å². The minimum atomic E-state index is -0.672. The van der Waals surface area contributed by atoms with Crippen LogP contribution in [0.1, 0.15) is 15.9 Å². The highest BCUT2D eigenvalue weighted by atomic mass is 35.5. The minimum absolute atomic E-state index is 0.0452. The lowest BCUT2D eigenvalue weighted by Crippen LogP contribution is -2.35. The van der Waals surface area contributed by atoms with Gasteiger partial charge in [0, 0.05) is 49.4 Å². The number of likely N-dealkylation sites (N-methyl/N-ethyl adjacent to an activating group) is 1. The van der Waals surface area contributed by atoms with Crippen molar-refractivity contribution in [2.45, 2.75) is 6.54 Å². The van der Waals surface area contributed by atoms with Crippen LogP contribution in [0.2, 0.25) is 5.02 Å². The Bertz CT molecular complexity index is 1210. The summed E-state index contributed by atoms with van der Waals surface area (Å²) in [5.74, 6) is -0.378. The molecule has 2 heterocycles. The first-order valence-corrected chi connectivity index (χ1v) is 11.2. The molecule has 0 bridgehead atoms. The molecule has 10 heteroatoms. The van der Waals surface area contributed by atoms with Crippen molar-refractivity contribution >= 4 is 29.1 Å². The normalized spacial score (nSPS) is 12.9. The molecule has 178 valence electrons. The van der Waals surface area contributed by atoms with E-state index >= 15 is 0 Å². The molecule has 1 amide bonds. The molecular formula is C24H25ClF2N6O. The summed E-state index contributed by atoms with van der Waals surface area (Å²) in [6.45, 7) is 2.39. The smallest absolute Gasteiger partial charge is 0.251 e. The fourth-order valence-electron chi connectivity index (χ4n) is 3.65. The number of halogens is 3. The first-order valence-electron chi connectivity index (χ1n) is 10.8.